The van der Waals surface area contributed by atoms with E-state index in [1.807, 2.05) is 0 Å². The van der Waals surface area contributed by atoms with Crippen molar-refractivity contribution >= 4 is 11.6 Å². The fraction of sp³-hybridized carbons (Fsp3) is 0.500. The number of ether oxygens (including phenoxy) is 1. The second-order valence-electron chi connectivity index (χ2n) is 4.01. The van der Waals surface area contributed by atoms with Gasteiger partial charge in [-0.2, -0.15) is 0 Å². The lowest BCUT2D eigenvalue weighted by molar-refractivity contribution is 0.0211. The number of hydrogen-bond donors (Lipinski definition) is 1. The lowest BCUT2D eigenvalue weighted by Gasteiger charge is -2.22. The molecule has 16 heavy (non-hydrogen) atoms. The van der Waals surface area contributed by atoms with E-state index in [1.165, 1.54) is 6.07 Å². The quantitative estimate of drug-likeness (QED) is 0.882. The summed E-state index contributed by atoms with van der Waals surface area (Å²) in [5, 5.41) is 3.43. The van der Waals surface area contributed by atoms with Crippen LogP contribution in [0.4, 0.5) is 4.39 Å². The van der Waals surface area contributed by atoms with Crippen molar-refractivity contribution in [3.8, 4) is 0 Å². The van der Waals surface area contributed by atoms with Gasteiger partial charge in [0.15, 0.2) is 0 Å². The molecule has 1 N–H and O–H groups in total. The van der Waals surface area contributed by atoms with E-state index < -0.39 is 0 Å². The molecule has 0 atom stereocenters. The molecule has 0 amide bonds. The molecule has 88 valence electrons. The van der Waals surface area contributed by atoms with Crippen LogP contribution in [0, 0.1) is 5.82 Å². The minimum absolute atomic E-state index is 0.158. The standard InChI is InChI=1S/C12H15ClFNO/c13-11-2-1-9(7-12(11)14)8-16-10-3-5-15-6-4-10/h1-2,7,10,15H,3-6,8H2. The smallest absolute Gasteiger partial charge is 0.142 e. The molecule has 0 saturated carbocycles. The van der Waals surface area contributed by atoms with Crippen molar-refractivity contribution in [2.45, 2.75) is 25.6 Å². The topological polar surface area (TPSA) is 21.3 Å². The second-order valence-corrected chi connectivity index (χ2v) is 4.42. The molecule has 1 heterocycles. The van der Waals surface area contributed by atoms with Crippen LogP contribution in [0.25, 0.3) is 0 Å². The molecule has 1 aliphatic rings. The van der Waals surface area contributed by atoms with Gasteiger partial charge in [-0.25, -0.2) is 4.39 Å². The molecule has 0 spiro atoms. The van der Waals surface area contributed by atoms with Crippen LogP contribution >= 0.6 is 11.6 Å². The molecule has 0 radical (unpaired) electrons. The Morgan fingerprint density at radius 1 is 1.38 bits per heavy atom. The van der Waals surface area contributed by atoms with Crippen molar-refractivity contribution < 1.29 is 9.13 Å². The molecule has 0 bridgehead atoms. The van der Waals surface area contributed by atoms with E-state index in [0.717, 1.165) is 31.5 Å². The fourth-order valence-electron chi connectivity index (χ4n) is 1.81. The monoisotopic (exact) mass is 243 g/mol. The molecular weight excluding hydrogens is 229 g/mol. The molecule has 0 unspecified atom stereocenters. The van der Waals surface area contributed by atoms with Crippen molar-refractivity contribution in [2.75, 3.05) is 13.1 Å². The molecule has 1 saturated heterocycles. The van der Waals surface area contributed by atoms with Crippen molar-refractivity contribution in [3.63, 3.8) is 0 Å². The van der Waals surface area contributed by atoms with Gasteiger partial charge in [0.2, 0.25) is 0 Å². The largest absolute Gasteiger partial charge is 0.373 e. The highest BCUT2D eigenvalue weighted by Crippen LogP contribution is 2.17. The van der Waals surface area contributed by atoms with E-state index in [9.17, 15) is 4.39 Å². The molecule has 2 rings (SSSR count). The van der Waals surface area contributed by atoms with Gasteiger partial charge in [0.1, 0.15) is 5.82 Å². The molecule has 2 nitrogen and oxygen atoms in total. The predicted molar refractivity (Wildman–Crippen MR) is 62.1 cm³/mol. The number of benzene rings is 1. The predicted octanol–water partition coefficient (Wildman–Crippen LogP) is 2.75. The summed E-state index contributed by atoms with van der Waals surface area (Å²) in [6.07, 6.45) is 2.34. The van der Waals surface area contributed by atoms with Crippen LogP contribution in [-0.4, -0.2) is 19.2 Å². The Labute approximate surface area is 99.7 Å². The number of piperidine rings is 1. The van der Waals surface area contributed by atoms with Crippen molar-refractivity contribution in [1.29, 1.82) is 0 Å². The zero-order valence-corrected chi connectivity index (χ0v) is 9.77. The van der Waals surface area contributed by atoms with Gasteiger partial charge in [-0.1, -0.05) is 17.7 Å². The van der Waals surface area contributed by atoms with E-state index in [0.29, 0.717) is 12.7 Å². The first-order valence-corrected chi connectivity index (χ1v) is 5.90. The number of rotatable bonds is 3. The first kappa shape index (κ1) is 11.8. The minimum Gasteiger partial charge on any atom is -0.373 e. The highest BCUT2D eigenvalue weighted by molar-refractivity contribution is 6.30. The van der Waals surface area contributed by atoms with Crippen LogP contribution in [0.15, 0.2) is 18.2 Å². The maximum absolute atomic E-state index is 13.1. The van der Waals surface area contributed by atoms with Crippen LogP contribution in [0.3, 0.4) is 0 Å². The van der Waals surface area contributed by atoms with Gasteiger partial charge in [-0.3, -0.25) is 0 Å². The van der Waals surface area contributed by atoms with Crippen LogP contribution in [0.1, 0.15) is 18.4 Å². The van der Waals surface area contributed by atoms with Crippen LogP contribution in [0.2, 0.25) is 5.02 Å². The summed E-state index contributed by atoms with van der Waals surface area (Å²) >= 11 is 5.61. The summed E-state index contributed by atoms with van der Waals surface area (Å²) in [6.45, 7) is 2.46. The SMILES string of the molecule is Fc1cc(COC2CCNCC2)ccc1Cl. The Bertz CT molecular complexity index is 353. The summed E-state index contributed by atoms with van der Waals surface area (Å²) in [5.41, 5.74) is 0.834. The first-order valence-electron chi connectivity index (χ1n) is 5.52. The van der Waals surface area contributed by atoms with E-state index in [2.05, 4.69) is 5.32 Å². The average molecular weight is 244 g/mol. The molecular formula is C12H15ClFNO. The Morgan fingerprint density at radius 3 is 2.81 bits per heavy atom. The van der Waals surface area contributed by atoms with Crippen molar-refractivity contribution in [1.82, 2.24) is 5.32 Å². The zero-order valence-electron chi connectivity index (χ0n) is 9.01. The van der Waals surface area contributed by atoms with E-state index in [4.69, 9.17) is 16.3 Å². The van der Waals surface area contributed by atoms with Gasteiger partial charge in [0.25, 0.3) is 0 Å². The Morgan fingerprint density at radius 2 is 2.12 bits per heavy atom. The molecule has 0 aromatic heterocycles. The second kappa shape index (κ2) is 5.62. The first-order chi connectivity index (χ1) is 7.75. The summed E-state index contributed by atoms with van der Waals surface area (Å²) in [4.78, 5) is 0. The normalized spacial score (nSPS) is 17.6. The third-order valence-electron chi connectivity index (χ3n) is 2.76. The van der Waals surface area contributed by atoms with Gasteiger partial charge >= 0.3 is 0 Å². The number of hydrogen-bond acceptors (Lipinski definition) is 2. The summed E-state index contributed by atoms with van der Waals surface area (Å²) in [7, 11) is 0. The van der Waals surface area contributed by atoms with Crippen LogP contribution in [-0.2, 0) is 11.3 Å². The van der Waals surface area contributed by atoms with Crippen LogP contribution in [0.5, 0.6) is 0 Å². The van der Waals surface area contributed by atoms with Gasteiger partial charge in [0, 0.05) is 0 Å². The lowest BCUT2D eigenvalue weighted by Crippen LogP contribution is -2.32. The third-order valence-corrected chi connectivity index (χ3v) is 3.06. The molecule has 1 fully saturated rings. The minimum atomic E-state index is -0.381. The highest BCUT2D eigenvalue weighted by atomic mass is 35.5. The third kappa shape index (κ3) is 3.17. The lowest BCUT2D eigenvalue weighted by atomic mass is 10.1. The number of halogens is 2. The van der Waals surface area contributed by atoms with Gasteiger partial charge in [-0.15, -0.1) is 0 Å². The Kier molecular flexibility index (Phi) is 4.16. The summed E-state index contributed by atoms with van der Waals surface area (Å²) < 4.78 is 18.9. The van der Waals surface area contributed by atoms with Gasteiger partial charge < -0.3 is 10.1 Å². The van der Waals surface area contributed by atoms with E-state index in [1.54, 1.807) is 12.1 Å². The van der Waals surface area contributed by atoms with Gasteiger partial charge in [0.05, 0.1) is 17.7 Å². The molecule has 1 aliphatic heterocycles. The van der Waals surface area contributed by atoms with E-state index >= 15 is 0 Å². The highest BCUT2D eigenvalue weighted by Gasteiger charge is 2.13. The van der Waals surface area contributed by atoms with Gasteiger partial charge in [-0.05, 0) is 43.6 Å². The zero-order chi connectivity index (χ0) is 11.4. The molecule has 4 heteroatoms. The number of nitrogens with one attached hydrogen (secondary N) is 1. The average Bonchev–Trinajstić information content (AvgIpc) is 2.32. The van der Waals surface area contributed by atoms with Crippen LogP contribution < -0.4 is 5.32 Å². The Hall–Kier alpha value is -0.640. The summed E-state index contributed by atoms with van der Waals surface area (Å²) in [5.74, 6) is -0.381. The fourth-order valence-corrected chi connectivity index (χ4v) is 1.92. The van der Waals surface area contributed by atoms with E-state index in [-0.39, 0.29) is 10.8 Å². The molecule has 1 aromatic carbocycles. The molecule has 1 aromatic rings. The van der Waals surface area contributed by atoms with Crippen molar-refractivity contribution in [2.24, 2.45) is 0 Å². The molecule has 0 aliphatic carbocycles. The maximum Gasteiger partial charge on any atom is 0.142 e. The Balaban J connectivity index is 1.86. The van der Waals surface area contributed by atoms with Crippen molar-refractivity contribution in [3.05, 3.63) is 34.6 Å². The summed E-state index contributed by atoms with van der Waals surface area (Å²) in [6, 6.07) is 4.80. The maximum atomic E-state index is 13.1.